The minimum absolute atomic E-state index is 0.500. The maximum atomic E-state index is 13.2. The van der Waals surface area contributed by atoms with Crippen molar-refractivity contribution in [3.8, 4) is 0 Å². The van der Waals surface area contributed by atoms with Gasteiger partial charge in [0.05, 0.1) is 6.61 Å². The third-order valence-corrected chi connectivity index (χ3v) is 2.23. The molecular formula is C11H10F6O2. The minimum Gasteiger partial charge on any atom is -0.386 e. The average molecular weight is 288 g/mol. The Labute approximate surface area is 104 Å². The van der Waals surface area contributed by atoms with Crippen LogP contribution in [0.15, 0.2) is 18.2 Å². The van der Waals surface area contributed by atoms with Crippen LogP contribution in [0.25, 0.3) is 0 Å². The van der Waals surface area contributed by atoms with Crippen LogP contribution in [0, 0.1) is 11.6 Å². The lowest BCUT2D eigenvalue weighted by Crippen LogP contribution is -2.33. The molecule has 0 saturated carbocycles. The van der Waals surface area contributed by atoms with Crippen molar-refractivity contribution >= 4 is 0 Å². The van der Waals surface area contributed by atoms with E-state index in [0.29, 0.717) is 0 Å². The highest BCUT2D eigenvalue weighted by Gasteiger charge is 2.41. The van der Waals surface area contributed by atoms with Crippen LogP contribution in [0.1, 0.15) is 11.7 Å². The number of benzene rings is 1. The summed E-state index contributed by atoms with van der Waals surface area (Å²) in [4.78, 5) is 0. The van der Waals surface area contributed by atoms with Crippen LogP contribution in [-0.2, 0) is 4.74 Å². The first-order valence-electron chi connectivity index (χ1n) is 5.11. The Morgan fingerprint density at radius 2 is 1.84 bits per heavy atom. The van der Waals surface area contributed by atoms with E-state index in [-0.39, 0.29) is 0 Å². The maximum absolute atomic E-state index is 13.2. The van der Waals surface area contributed by atoms with E-state index in [9.17, 15) is 31.4 Å². The molecule has 0 aliphatic heterocycles. The van der Waals surface area contributed by atoms with Crippen molar-refractivity contribution in [2.45, 2.75) is 18.5 Å². The maximum Gasteiger partial charge on any atom is 0.330 e. The molecule has 1 unspecified atom stereocenters. The molecule has 0 spiro atoms. The smallest absolute Gasteiger partial charge is 0.330 e. The average Bonchev–Trinajstić information content (AvgIpc) is 2.32. The van der Waals surface area contributed by atoms with Crippen LogP contribution >= 0.6 is 0 Å². The van der Waals surface area contributed by atoms with E-state index < -0.39 is 48.9 Å². The van der Waals surface area contributed by atoms with Crippen molar-refractivity contribution in [3.05, 3.63) is 35.4 Å². The van der Waals surface area contributed by atoms with Gasteiger partial charge in [-0.2, -0.15) is 8.78 Å². The van der Waals surface area contributed by atoms with Crippen LogP contribution in [0.3, 0.4) is 0 Å². The molecule has 2 nitrogen and oxygen atoms in total. The van der Waals surface area contributed by atoms with E-state index >= 15 is 0 Å². The quantitative estimate of drug-likeness (QED) is 0.816. The Hall–Kier alpha value is -1.28. The second kappa shape index (κ2) is 6.25. The predicted octanol–water partition coefficient (Wildman–Crippen LogP) is 2.92. The molecule has 0 aromatic heterocycles. The first-order chi connectivity index (χ1) is 8.75. The second-order valence-corrected chi connectivity index (χ2v) is 3.74. The summed E-state index contributed by atoms with van der Waals surface area (Å²) in [5, 5.41) is 9.40. The van der Waals surface area contributed by atoms with Crippen LogP contribution in [0.5, 0.6) is 0 Å². The number of halogens is 6. The zero-order chi connectivity index (χ0) is 14.6. The standard InChI is InChI=1S/C11H10F6O2/c12-7-3-1-2-6(9(7)13)8(18)4-19-5-11(16,17)10(14)15/h1-3,8,10,18H,4-5H2. The molecule has 1 aromatic carbocycles. The van der Waals surface area contributed by atoms with Gasteiger partial charge in [0.2, 0.25) is 0 Å². The second-order valence-electron chi connectivity index (χ2n) is 3.74. The van der Waals surface area contributed by atoms with Gasteiger partial charge in [-0.05, 0) is 6.07 Å². The molecule has 0 aliphatic rings. The van der Waals surface area contributed by atoms with Gasteiger partial charge >= 0.3 is 12.3 Å². The molecule has 0 bridgehead atoms. The molecule has 1 rings (SSSR count). The molecule has 0 fully saturated rings. The third kappa shape index (κ3) is 4.10. The first kappa shape index (κ1) is 15.8. The minimum atomic E-state index is -4.36. The first-order valence-corrected chi connectivity index (χ1v) is 5.11. The van der Waals surface area contributed by atoms with Gasteiger partial charge in [-0.3, -0.25) is 0 Å². The summed E-state index contributed by atoms with van der Waals surface area (Å²) < 4.78 is 78.6. The van der Waals surface area contributed by atoms with Gasteiger partial charge in [0.25, 0.3) is 0 Å². The van der Waals surface area contributed by atoms with E-state index in [1.807, 2.05) is 0 Å². The molecular weight excluding hydrogens is 278 g/mol. The van der Waals surface area contributed by atoms with Gasteiger partial charge in [-0.25, -0.2) is 17.6 Å². The number of rotatable bonds is 6. The molecule has 0 heterocycles. The fraction of sp³-hybridized carbons (Fsp3) is 0.455. The molecule has 108 valence electrons. The van der Waals surface area contributed by atoms with Crippen LogP contribution < -0.4 is 0 Å². The van der Waals surface area contributed by atoms with Crippen LogP contribution in [-0.4, -0.2) is 30.7 Å². The molecule has 1 aromatic rings. The van der Waals surface area contributed by atoms with E-state index in [4.69, 9.17) is 0 Å². The lowest BCUT2D eigenvalue weighted by Gasteiger charge is -2.17. The topological polar surface area (TPSA) is 29.5 Å². The highest BCUT2D eigenvalue weighted by Crippen LogP contribution is 2.24. The lowest BCUT2D eigenvalue weighted by molar-refractivity contribution is -0.170. The molecule has 0 saturated heterocycles. The summed E-state index contributed by atoms with van der Waals surface area (Å²) in [7, 11) is 0. The van der Waals surface area contributed by atoms with Crippen molar-refractivity contribution in [3.63, 3.8) is 0 Å². The number of aliphatic hydroxyl groups is 1. The highest BCUT2D eigenvalue weighted by atomic mass is 19.3. The molecule has 0 aliphatic carbocycles. The van der Waals surface area contributed by atoms with Gasteiger partial charge < -0.3 is 9.84 Å². The molecule has 1 atom stereocenters. The Morgan fingerprint density at radius 3 is 2.42 bits per heavy atom. The number of hydrogen-bond acceptors (Lipinski definition) is 2. The summed E-state index contributed by atoms with van der Waals surface area (Å²) in [6.07, 6.45) is -5.64. The van der Waals surface area contributed by atoms with Crippen LogP contribution in [0.4, 0.5) is 26.3 Å². The Balaban J connectivity index is 2.57. The van der Waals surface area contributed by atoms with E-state index in [1.165, 1.54) is 0 Å². The Kier molecular flexibility index (Phi) is 5.19. The number of alkyl halides is 4. The summed E-state index contributed by atoms with van der Waals surface area (Å²) in [6, 6.07) is 2.93. The zero-order valence-electron chi connectivity index (χ0n) is 9.42. The molecule has 8 heteroatoms. The summed E-state index contributed by atoms with van der Waals surface area (Å²) >= 11 is 0. The van der Waals surface area contributed by atoms with Crippen molar-refractivity contribution in [2.24, 2.45) is 0 Å². The zero-order valence-corrected chi connectivity index (χ0v) is 9.42. The highest BCUT2D eigenvalue weighted by molar-refractivity contribution is 5.21. The molecule has 19 heavy (non-hydrogen) atoms. The number of aliphatic hydroxyl groups excluding tert-OH is 1. The largest absolute Gasteiger partial charge is 0.386 e. The predicted molar refractivity (Wildman–Crippen MR) is 53.1 cm³/mol. The monoisotopic (exact) mass is 288 g/mol. The van der Waals surface area contributed by atoms with Gasteiger partial charge in [-0.15, -0.1) is 0 Å². The fourth-order valence-electron chi connectivity index (χ4n) is 1.24. The molecule has 0 amide bonds. The van der Waals surface area contributed by atoms with Crippen LogP contribution in [0.2, 0.25) is 0 Å². The molecule has 1 N–H and O–H groups in total. The van der Waals surface area contributed by atoms with E-state index in [0.717, 1.165) is 18.2 Å². The van der Waals surface area contributed by atoms with Gasteiger partial charge in [0, 0.05) is 5.56 Å². The van der Waals surface area contributed by atoms with Crippen molar-refractivity contribution in [1.29, 1.82) is 0 Å². The third-order valence-electron chi connectivity index (χ3n) is 2.23. The van der Waals surface area contributed by atoms with E-state index in [1.54, 1.807) is 0 Å². The number of hydrogen-bond donors (Lipinski definition) is 1. The summed E-state index contributed by atoms with van der Waals surface area (Å²) in [5.41, 5.74) is -0.500. The summed E-state index contributed by atoms with van der Waals surface area (Å²) in [5.74, 6) is -6.94. The van der Waals surface area contributed by atoms with Crippen molar-refractivity contribution in [1.82, 2.24) is 0 Å². The lowest BCUT2D eigenvalue weighted by atomic mass is 10.1. The normalized spacial score (nSPS) is 13.9. The Morgan fingerprint density at radius 1 is 1.21 bits per heavy atom. The number of ether oxygens (including phenoxy) is 1. The SMILES string of the molecule is OC(COCC(F)(F)C(F)F)c1cccc(F)c1F. The molecule has 0 radical (unpaired) electrons. The van der Waals surface area contributed by atoms with Gasteiger partial charge in [0.1, 0.15) is 12.7 Å². The summed E-state index contributed by atoms with van der Waals surface area (Å²) in [6.45, 7) is -2.48. The van der Waals surface area contributed by atoms with Gasteiger partial charge in [-0.1, -0.05) is 12.1 Å². The van der Waals surface area contributed by atoms with E-state index in [2.05, 4.69) is 4.74 Å². The van der Waals surface area contributed by atoms with Crippen molar-refractivity contribution in [2.75, 3.05) is 13.2 Å². The Bertz CT molecular complexity index is 424. The van der Waals surface area contributed by atoms with Crippen molar-refractivity contribution < 1.29 is 36.2 Å². The fourth-order valence-corrected chi connectivity index (χ4v) is 1.24. The van der Waals surface area contributed by atoms with Gasteiger partial charge in [0.15, 0.2) is 11.6 Å².